The summed E-state index contributed by atoms with van der Waals surface area (Å²) in [6.07, 6.45) is 12.3. The molecule has 2 rings (SSSR count). The van der Waals surface area contributed by atoms with Gasteiger partial charge in [-0.25, -0.2) is 0 Å². The molecule has 0 amide bonds. The van der Waals surface area contributed by atoms with Crippen LogP contribution in [0.25, 0.3) is 0 Å². The second kappa shape index (κ2) is 12.6. The van der Waals surface area contributed by atoms with Crippen LogP contribution in [0.5, 0.6) is 0 Å². The first kappa shape index (κ1) is 21.5. The molecule has 2 aromatic rings. The largest absolute Gasteiger partial charge is 0.396 e. The van der Waals surface area contributed by atoms with Crippen molar-refractivity contribution in [3.63, 3.8) is 0 Å². The topological polar surface area (TPSA) is 32.3 Å². The molecule has 148 valence electrons. The smallest absolute Gasteiger partial charge is 0.0647 e. The number of anilines is 1. The molecule has 0 radical (unpaired) electrons. The summed E-state index contributed by atoms with van der Waals surface area (Å²) in [6, 6.07) is 21.0. The third-order valence-corrected chi connectivity index (χ3v) is 5.48. The van der Waals surface area contributed by atoms with E-state index < -0.39 is 0 Å². The molecule has 0 fully saturated rings. The van der Waals surface area contributed by atoms with Gasteiger partial charge in [0, 0.05) is 12.3 Å². The third kappa shape index (κ3) is 7.38. The molecule has 0 saturated heterocycles. The Kier molecular flexibility index (Phi) is 10.0. The highest BCUT2D eigenvalue weighted by Crippen LogP contribution is 2.35. The Bertz CT molecular complexity index is 598. The second-order valence-corrected chi connectivity index (χ2v) is 7.64. The van der Waals surface area contributed by atoms with Crippen molar-refractivity contribution in [1.29, 1.82) is 0 Å². The summed E-state index contributed by atoms with van der Waals surface area (Å²) in [5.41, 5.74) is 2.18. The molecule has 0 aliphatic carbocycles. The van der Waals surface area contributed by atoms with Crippen molar-refractivity contribution in [2.75, 3.05) is 11.9 Å². The summed E-state index contributed by atoms with van der Waals surface area (Å²) in [6.45, 7) is 2.45. The molecule has 0 aliphatic rings. The highest BCUT2D eigenvalue weighted by molar-refractivity contribution is 5.48. The summed E-state index contributed by atoms with van der Waals surface area (Å²) in [5, 5.41) is 13.6. The number of para-hydroxylation sites is 1. The normalized spacial score (nSPS) is 13.3. The van der Waals surface area contributed by atoms with Gasteiger partial charge in [-0.05, 0) is 30.5 Å². The maximum atomic E-state index is 9.82. The van der Waals surface area contributed by atoms with Gasteiger partial charge in [-0.2, -0.15) is 0 Å². The molecular formula is C25H37NO. The predicted octanol–water partition coefficient (Wildman–Crippen LogP) is 6.91. The number of unbranched alkanes of at least 4 members (excludes halogenated alkanes) is 7. The van der Waals surface area contributed by atoms with E-state index >= 15 is 0 Å². The Hall–Kier alpha value is -1.80. The van der Waals surface area contributed by atoms with Crippen molar-refractivity contribution in [3.05, 3.63) is 66.2 Å². The molecule has 2 heteroatoms. The summed E-state index contributed by atoms with van der Waals surface area (Å²) >= 11 is 0. The van der Waals surface area contributed by atoms with E-state index in [2.05, 4.69) is 66.8 Å². The monoisotopic (exact) mass is 367 g/mol. The van der Waals surface area contributed by atoms with Gasteiger partial charge >= 0.3 is 0 Å². The van der Waals surface area contributed by atoms with Crippen LogP contribution in [0.1, 0.15) is 76.7 Å². The van der Waals surface area contributed by atoms with Crippen LogP contribution < -0.4 is 5.32 Å². The van der Waals surface area contributed by atoms with Crippen LogP contribution in [-0.2, 0) is 5.54 Å². The van der Waals surface area contributed by atoms with Crippen LogP contribution in [0.3, 0.4) is 0 Å². The van der Waals surface area contributed by atoms with Crippen molar-refractivity contribution < 1.29 is 5.11 Å². The average Bonchev–Trinajstić information content (AvgIpc) is 2.71. The minimum absolute atomic E-state index is 0.186. The second-order valence-electron chi connectivity index (χ2n) is 7.64. The molecule has 0 unspecified atom stereocenters. The fourth-order valence-electron chi connectivity index (χ4n) is 3.92. The Morgan fingerprint density at radius 2 is 1.26 bits per heavy atom. The van der Waals surface area contributed by atoms with Gasteiger partial charge in [0.2, 0.25) is 0 Å². The van der Waals surface area contributed by atoms with Gasteiger partial charge in [0.25, 0.3) is 0 Å². The van der Waals surface area contributed by atoms with E-state index in [1.165, 1.54) is 56.9 Å². The van der Waals surface area contributed by atoms with Crippen LogP contribution in [0.2, 0.25) is 0 Å². The highest BCUT2D eigenvalue weighted by atomic mass is 16.3. The summed E-state index contributed by atoms with van der Waals surface area (Å²) in [5.74, 6) is 0. The third-order valence-electron chi connectivity index (χ3n) is 5.48. The number of aliphatic hydroxyl groups is 1. The van der Waals surface area contributed by atoms with Gasteiger partial charge in [0.1, 0.15) is 0 Å². The molecule has 0 heterocycles. The van der Waals surface area contributed by atoms with Gasteiger partial charge in [0.15, 0.2) is 0 Å². The SMILES string of the molecule is CCCCCCCCCC[C@](CCO)(Nc1ccccc1)c1ccccc1. The molecule has 27 heavy (non-hydrogen) atoms. The molecule has 2 N–H and O–H groups in total. The summed E-state index contributed by atoms with van der Waals surface area (Å²) < 4.78 is 0. The predicted molar refractivity (Wildman–Crippen MR) is 117 cm³/mol. The van der Waals surface area contributed by atoms with E-state index in [4.69, 9.17) is 0 Å². The zero-order valence-electron chi connectivity index (χ0n) is 17.0. The number of aliphatic hydroxyl groups excluding tert-OH is 1. The van der Waals surface area contributed by atoms with Crippen LogP contribution >= 0.6 is 0 Å². The molecule has 1 atom stereocenters. The van der Waals surface area contributed by atoms with Crippen molar-refractivity contribution in [1.82, 2.24) is 0 Å². The zero-order chi connectivity index (χ0) is 19.2. The molecule has 0 aliphatic heterocycles. The Balaban J connectivity index is 2.00. The number of nitrogens with one attached hydrogen (secondary N) is 1. The lowest BCUT2D eigenvalue weighted by molar-refractivity contribution is 0.239. The van der Waals surface area contributed by atoms with E-state index in [-0.39, 0.29) is 12.1 Å². The van der Waals surface area contributed by atoms with Crippen LogP contribution in [0.4, 0.5) is 5.69 Å². The number of hydrogen-bond acceptors (Lipinski definition) is 2. The minimum atomic E-state index is -0.209. The number of rotatable bonds is 14. The first-order chi connectivity index (χ1) is 13.3. The number of hydrogen-bond donors (Lipinski definition) is 2. The average molecular weight is 368 g/mol. The summed E-state index contributed by atoms with van der Waals surface area (Å²) in [4.78, 5) is 0. The van der Waals surface area contributed by atoms with Gasteiger partial charge in [0.05, 0.1) is 5.54 Å². The van der Waals surface area contributed by atoms with E-state index in [1.54, 1.807) is 0 Å². The van der Waals surface area contributed by atoms with Crippen molar-refractivity contribution in [2.24, 2.45) is 0 Å². The molecule has 0 bridgehead atoms. The molecule has 0 saturated carbocycles. The van der Waals surface area contributed by atoms with Gasteiger partial charge < -0.3 is 10.4 Å². The molecule has 2 nitrogen and oxygen atoms in total. The Morgan fingerprint density at radius 3 is 1.85 bits per heavy atom. The Labute approximate surface area is 166 Å². The van der Waals surface area contributed by atoms with Gasteiger partial charge in [-0.15, -0.1) is 0 Å². The Morgan fingerprint density at radius 1 is 0.704 bits per heavy atom. The maximum absolute atomic E-state index is 9.82. The highest BCUT2D eigenvalue weighted by Gasteiger charge is 2.31. The minimum Gasteiger partial charge on any atom is -0.396 e. The lowest BCUT2D eigenvalue weighted by Gasteiger charge is -2.36. The van der Waals surface area contributed by atoms with Crippen LogP contribution in [0.15, 0.2) is 60.7 Å². The summed E-state index contributed by atoms with van der Waals surface area (Å²) in [7, 11) is 0. The van der Waals surface area contributed by atoms with Gasteiger partial charge in [-0.3, -0.25) is 0 Å². The van der Waals surface area contributed by atoms with Crippen molar-refractivity contribution >= 4 is 5.69 Å². The molecule has 0 spiro atoms. The van der Waals surface area contributed by atoms with E-state index in [1.807, 2.05) is 6.07 Å². The van der Waals surface area contributed by atoms with Crippen molar-refractivity contribution in [3.8, 4) is 0 Å². The lowest BCUT2D eigenvalue weighted by atomic mass is 9.81. The fraction of sp³-hybridized carbons (Fsp3) is 0.520. The first-order valence-corrected chi connectivity index (χ1v) is 10.8. The van der Waals surface area contributed by atoms with Crippen LogP contribution in [-0.4, -0.2) is 11.7 Å². The standard InChI is InChI=1S/C25H37NO/c1-2-3-4-5-6-7-8-15-20-25(21-22-27,23-16-11-9-12-17-23)26-24-18-13-10-14-19-24/h9-14,16-19,26-27H,2-8,15,20-22H2,1H3/t25-/m1/s1. The quantitative estimate of drug-likeness (QED) is 0.356. The molecule has 0 aromatic heterocycles. The molecular weight excluding hydrogens is 330 g/mol. The maximum Gasteiger partial charge on any atom is 0.0647 e. The fourth-order valence-corrected chi connectivity index (χ4v) is 3.92. The van der Waals surface area contributed by atoms with E-state index in [0.717, 1.165) is 18.5 Å². The van der Waals surface area contributed by atoms with E-state index in [9.17, 15) is 5.11 Å². The lowest BCUT2D eigenvalue weighted by Crippen LogP contribution is -2.36. The van der Waals surface area contributed by atoms with Gasteiger partial charge in [-0.1, -0.05) is 107 Å². The van der Waals surface area contributed by atoms with Crippen molar-refractivity contribution in [2.45, 2.75) is 76.7 Å². The van der Waals surface area contributed by atoms with Crippen LogP contribution in [0, 0.1) is 0 Å². The first-order valence-electron chi connectivity index (χ1n) is 10.8. The van der Waals surface area contributed by atoms with E-state index in [0.29, 0.717) is 0 Å². The zero-order valence-corrected chi connectivity index (χ0v) is 17.0. The molecule has 2 aromatic carbocycles. The number of benzene rings is 2.